The number of anilines is 2. The molecular formula is C21H23N5O3. The predicted octanol–water partition coefficient (Wildman–Crippen LogP) is 3.10. The molecule has 0 saturated heterocycles. The van der Waals surface area contributed by atoms with Gasteiger partial charge < -0.3 is 15.4 Å². The highest BCUT2D eigenvalue weighted by Gasteiger charge is 2.18. The van der Waals surface area contributed by atoms with Crippen molar-refractivity contribution in [1.29, 1.82) is 0 Å². The molecule has 3 rings (SSSR count). The number of rotatable bonds is 6. The molecule has 2 amide bonds. The van der Waals surface area contributed by atoms with Gasteiger partial charge >= 0.3 is 0 Å². The first-order valence-electron chi connectivity index (χ1n) is 9.10. The van der Waals surface area contributed by atoms with Gasteiger partial charge in [-0.25, -0.2) is 4.68 Å². The van der Waals surface area contributed by atoms with Crippen LogP contribution < -0.4 is 15.4 Å². The van der Waals surface area contributed by atoms with Gasteiger partial charge in [-0.15, -0.1) is 5.10 Å². The van der Waals surface area contributed by atoms with E-state index >= 15 is 0 Å². The first-order chi connectivity index (χ1) is 13.9. The van der Waals surface area contributed by atoms with Gasteiger partial charge in [0.2, 0.25) is 5.91 Å². The van der Waals surface area contributed by atoms with Gasteiger partial charge in [0.05, 0.1) is 12.8 Å². The molecule has 150 valence electrons. The first-order valence-corrected chi connectivity index (χ1v) is 9.10. The topological polar surface area (TPSA) is 98.1 Å². The number of nitrogens with zero attached hydrogens (tertiary/aromatic N) is 3. The van der Waals surface area contributed by atoms with Crippen molar-refractivity contribution in [3.63, 3.8) is 0 Å². The Morgan fingerprint density at radius 2 is 1.86 bits per heavy atom. The summed E-state index contributed by atoms with van der Waals surface area (Å²) in [6, 6.07) is 12.8. The number of ether oxygens (including phenoxy) is 1. The van der Waals surface area contributed by atoms with Gasteiger partial charge in [-0.1, -0.05) is 29.0 Å². The number of carbonyl (C=O) groups excluding carboxylic acids is 2. The molecule has 1 heterocycles. The van der Waals surface area contributed by atoms with E-state index in [0.29, 0.717) is 22.8 Å². The van der Waals surface area contributed by atoms with Crippen molar-refractivity contribution in [2.45, 2.75) is 27.3 Å². The summed E-state index contributed by atoms with van der Waals surface area (Å²) >= 11 is 0. The van der Waals surface area contributed by atoms with Crippen molar-refractivity contribution in [1.82, 2.24) is 15.0 Å². The molecule has 29 heavy (non-hydrogen) atoms. The number of aryl methyl sites for hydroxylation is 2. The molecule has 0 unspecified atom stereocenters. The highest BCUT2D eigenvalue weighted by Crippen LogP contribution is 2.18. The molecule has 1 aromatic heterocycles. The van der Waals surface area contributed by atoms with Gasteiger partial charge in [-0.05, 0) is 44.5 Å². The summed E-state index contributed by atoms with van der Waals surface area (Å²) in [6.07, 6.45) is 0. The zero-order chi connectivity index (χ0) is 21.0. The van der Waals surface area contributed by atoms with Gasteiger partial charge in [-0.3, -0.25) is 9.59 Å². The van der Waals surface area contributed by atoms with Gasteiger partial charge in [0.25, 0.3) is 5.91 Å². The zero-order valence-corrected chi connectivity index (χ0v) is 16.8. The van der Waals surface area contributed by atoms with Crippen LogP contribution in [0.2, 0.25) is 0 Å². The summed E-state index contributed by atoms with van der Waals surface area (Å²) in [6.45, 7) is 5.56. The maximum Gasteiger partial charge on any atom is 0.278 e. The quantitative estimate of drug-likeness (QED) is 0.671. The molecule has 0 aliphatic carbocycles. The van der Waals surface area contributed by atoms with Crippen molar-refractivity contribution in [3.05, 3.63) is 65.0 Å². The van der Waals surface area contributed by atoms with Crippen LogP contribution in [0.4, 0.5) is 11.4 Å². The van der Waals surface area contributed by atoms with E-state index in [-0.39, 0.29) is 24.1 Å². The molecule has 0 atom stereocenters. The summed E-state index contributed by atoms with van der Waals surface area (Å²) in [7, 11) is 1.56. The number of hydrogen-bond donors (Lipinski definition) is 2. The van der Waals surface area contributed by atoms with Crippen LogP contribution in [0, 0.1) is 20.8 Å². The molecule has 0 fully saturated rings. The predicted molar refractivity (Wildman–Crippen MR) is 110 cm³/mol. The number of hydrogen-bond acceptors (Lipinski definition) is 5. The number of nitrogens with one attached hydrogen (secondary N) is 2. The Bertz CT molecular complexity index is 1060. The molecule has 8 heteroatoms. The highest BCUT2D eigenvalue weighted by atomic mass is 16.5. The van der Waals surface area contributed by atoms with E-state index < -0.39 is 0 Å². The number of methoxy groups -OCH3 is 1. The molecule has 0 radical (unpaired) electrons. The van der Waals surface area contributed by atoms with Crippen molar-refractivity contribution < 1.29 is 14.3 Å². The van der Waals surface area contributed by atoms with Gasteiger partial charge in [0.15, 0.2) is 5.69 Å². The zero-order valence-electron chi connectivity index (χ0n) is 16.8. The fourth-order valence-electron chi connectivity index (χ4n) is 2.89. The standard InChI is InChI=1S/C21H23N5O3/c1-13-8-9-18(14(2)10-13)23-21(28)20-15(3)26(25-24-20)12-19(27)22-16-6-5-7-17(11-16)29-4/h5-11H,12H2,1-4H3,(H,22,27)(H,23,28). The molecule has 0 saturated carbocycles. The van der Waals surface area contributed by atoms with E-state index in [1.165, 1.54) is 4.68 Å². The normalized spacial score (nSPS) is 10.5. The molecule has 2 N–H and O–H groups in total. The van der Waals surface area contributed by atoms with Crippen molar-refractivity contribution >= 4 is 23.2 Å². The maximum absolute atomic E-state index is 12.6. The van der Waals surface area contributed by atoms with Crippen LogP contribution in [0.25, 0.3) is 0 Å². The highest BCUT2D eigenvalue weighted by molar-refractivity contribution is 6.04. The fourth-order valence-corrected chi connectivity index (χ4v) is 2.89. The Morgan fingerprint density at radius 3 is 2.59 bits per heavy atom. The van der Waals surface area contributed by atoms with Gasteiger partial charge in [0, 0.05) is 17.4 Å². The van der Waals surface area contributed by atoms with E-state index in [1.54, 1.807) is 38.3 Å². The largest absolute Gasteiger partial charge is 0.497 e. The molecule has 2 aromatic carbocycles. The average Bonchev–Trinajstić information content (AvgIpc) is 3.04. The SMILES string of the molecule is COc1cccc(NC(=O)Cn2nnc(C(=O)Nc3ccc(C)cc3C)c2C)c1. The van der Waals surface area contributed by atoms with Crippen LogP contribution in [-0.2, 0) is 11.3 Å². The third-order valence-electron chi connectivity index (χ3n) is 4.47. The lowest BCUT2D eigenvalue weighted by atomic mass is 10.1. The molecule has 0 spiro atoms. The minimum Gasteiger partial charge on any atom is -0.497 e. The van der Waals surface area contributed by atoms with E-state index in [2.05, 4.69) is 20.9 Å². The number of carbonyl (C=O) groups is 2. The van der Waals surface area contributed by atoms with Crippen LogP contribution >= 0.6 is 0 Å². The van der Waals surface area contributed by atoms with Crippen LogP contribution in [0.1, 0.15) is 27.3 Å². The Morgan fingerprint density at radius 1 is 1.07 bits per heavy atom. The van der Waals surface area contributed by atoms with Gasteiger partial charge in [-0.2, -0.15) is 0 Å². The van der Waals surface area contributed by atoms with Crippen LogP contribution in [0.5, 0.6) is 5.75 Å². The molecule has 3 aromatic rings. The van der Waals surface area contributed by atoms with E-state index in [0.717, 1.165) is 11.1 Å². The number of aromatic nitrogens is 3. The lowest BCUT2D eigenvalue weighted by Gasteiger charge is -2.09. The number of amides is 2. The van der Waals surface area contributed by atoms with Crippen molar-refractivity contribution in [3.8, 4) is 5.75 Å². The maximum atomic E-state index is 12.6. The minimum atomic E-state index is -0.367. The third kappa shape index (κ3) is 4.78. The third-order valence-corrected chi connectivity index (χ3v) is 4.47. The van der Waals surface area contributed by atoms with Crippen molar-refractivity contribution in [2.75, 3.05) is 17.7 Å². The monoisotopic (exact) mass is 393 g/mol. The fraction of sp³-hybridized carbons (Fsp3) is 0.238. The van der Waals surface area contributed by atoms with Gasteiger partial charge in [0.1, 0.15) is 12.3 Å². The minimum absolute atomic E-state index is 0.0626. The number of benzene rings is 2. The Balaban J connectivity index is 1.68. The Labute approximate surface area is 168 Å². The summed E-state index contributed by atoms with van der Waals surface area (Å²) in [4.78, 5) is 24.9. The summed E-state index contributed by atoms with van der Waals surface area (Å²) in [5.74, 6) is -0.00779. The van der Waals surface area contributed by atoms with E-state index in [9.17, 15) is 9.59 Å². The molecule has 0 aliphatic heterocycles. The second-order valence-corrected chi connectivity index (χ2v) is 6.73. The lowest BCUT2D eigenvalue weighted by Crippen LogP contribution is -2.21. The summed E-state index contributed by atoms with van der Waals surface area (Å²) in [5, 5.41) is 13.5. The molecule has 8 nitrogen and oxygen atoms in total. The summed E-state index contributed by atoms with van der Waals surface area (Å²) in [5.41, 5.74) is 4.09. The van der Waals surface area contributed by atoms with Crippen molar-refractivity contribution in [2.24, 2.45) is 0 Å². The first kappa shape index (κ1) is 20.1. The second kappa shape index (κ2) is 8.55. The lowest BCUT2D eigenvalue weighted by molar-refractivity contribution is -0.117. The molecule has 0 bridgehead atoms. The van der Waals surface area contributed by atoms with Crippen LogP contribution in [-0.4, -0.2) is 33.9 Å². The Hall–Kier alpha value is -3.68. The summed E-state index contributed by atoms with van der Waals surface area (Å²) < 4.78 is 6.54. The second-order valence-electron chi connectivity index (χ2n) is 6.73. The van der Waals surface area contributed by atoms with Crippen LogP contribution in [0.3, 0.4) is 0 Å². The van der Waals surface area contributed by atoms with E-state index in [1.807, 2.05) is 32.0 Å². The van der Waals surface area contributed by atoms with E-state index in [4.69, 9.17) is 4.74 Å². The Kier molecular flexibility index (Phi) is 5.92. The van der Waals surface area contributed by atoms with Crippen LogP contribution in [0.15, 0.2) is 42.5 Å². The molecule has 0 aliphatic rings. The smallest absolute Gasteiger partial charge is 0.278 e. The average molecular weight is 393 g/mol. The molecular weight excluding hydrogens is 370 g/mol.